The number of benzene rings is 1. The van der Waals surface area contributed by atoms with Crippen LogP contribution in [0, 0.1) is 5.92 Å². The first-order chi connectivity index (χ1) is 15.1. The average molecular weight is 419 g/mol. The maximum Gasteiger partial charge on any atom is 0.273 e. The second kappa shape index (κ2) is 8.74. The number of nitrogens with one attached hydrogen (secondary N) is 3. The molecule has 1 aliphatic carbocycles. The predicted molar refractivity (Wildman–Crippen MR) is 114 cm³/mol. The van der Waals surface area contributed by atoms with Crippen molar-refractivity contribution in [2.75, 3.05) is 24.8 Å². The quantitative estimate of drug-likeness (QED) is 0.532. The minimum absolute atomic E-state index is 0.0144. The highest BCUT2D eigenvalue weighted by atomic mass is 16.5. The Hall–Kier alpha value is -4.08. The van der Waals surface area contributed by atoms with Crippen LogP contribution in [0.15, 0.2) is 42.9 Å². The topological polar surface area (TPSA) is 131 Å². The molecule has 0 spiro atoms. The molecule has 2 aromatic heterocycles. The lowest BCUT2D eigenvalue weighted by molar-refractivity contribution is -0.117. The van der Waals surface area contributed by atoms with Crippen molar-refractivity contribution >= 4 is 29.0 Å². The predicted octanol–water partition coefficient (Wildman–Crippen LogP) is 2.39. The van der Waals surface area contributed by atoms with Gasteiger partial charge in [-0.1, -0.05) is 6.07 Å². The molecule has 158 valence electrons. The summed E-state index contributed by atoms with van der Waals surface area (Å²) in [6.45, 7) is 0. The zero-order valence-corrected chi connectivity index (χ0v) is 17.0. The van der Waals surface area contributed by atoms with Gasteiger partial charge >= 0.3 is 0 Å². The molecule has 31 heavy (non-hydrogen) atoms. The van der Waals surface area contributed by atoms with Gasteiger partial charge in [-0.2, -0.15) is 0 Å². The van der Waals surface area contributed by atoms with Crippen molar-refractivity contribution in [2.45, 2.75) is 12.8 Å². The SMILES string of the molecule is CNC(=O)c1nnc(NC(=O)C2CC2)cc1Nc1cccc(-c2cnccn2)c1OC. The maximum absolute atomic E-state index is 12.3. The molecule has 1 aliphatic rings. The standard InChI is InChI=1S/C21H21N7O3/c1-22-21(30)18-15(10-17(27-28-18)26-20(29)12-6-7-12)25-14-5-3-4-13(19(14)31-2)16-11-23-8-9-24-16/h3-5,8-12H,6-7H2,1-2H3,(H,22,30)(H2,25,26,27,29). The first kappa shape index (κ1) is 20.2. The number of hydrogen-bond donors (Lipinski definition) is 3. The minimum Gasteiger partial charge on any atom is -0.494 e. The lowest BCUT2D eigenvalue weighted by Gasteiger charge is -2.16. The van der Waals surface area contributed by atoms with Crippen LogP contribution >= 0.6 is 0 Å². The molecule has 0 unspecified atom stereocenters. The Kier molecular flexibility index (Phi) is 5.69. The van der Waals surface area contributed by atoms with Crippen LogP contribution in [0.25, 0.3) is 11.3 Å². The van der Waals surface area contributed by atoms with Crippen molar-refractivity contribution in [2.24, 2.45) is 5.92 Å². The molecule has 0 saturated heterocycles. The highest BCUT2D eigenvalue weighted by Crippen LogP contribution is 2.37. The Morgan fingerprint density at radius 3 is 2.65 bits per heavy atom. The second-order valence-electron chi connectivity index (χ2n) is 6.94. The van der Waals surface area contributed by atoms with Gasteiger partial charge in [-0.05, 0) is 25.0 Å². The van der Waals surface area contributed by atoms with E-state index in [1.165, 1.54) is 7.05 Å². The lowest BCUT2D eigenvalue weighted by Crippen LogP contribution is -2.22. The molecular weight excluding hydrogens is 398 g/mol. The normalized spacial score (nSPS) is 12.7. The minimum atomic E-state index is -0.417. The monoisotopic (exact) mass is 419 g/mol. The van der Waals surface area contributed by atoms with Crippen LogP contribution in [0.1, 0.15) is 23.3 Å². The van der Waals surface area contributed by atoms with E-state index in [2.05, 4.69) is 36.1 Å². The Balaban J connectivity index is 1.71. The summed E-state index contributed by atoms with van der Waals surface area (Å²) in [5.74, 6) is 0.275. The maximum atomic E-state index is 12.3. The van der Waals surface area contributed by atoms with Crippen LogP contribution in [0.2, 0.25) is 0 Å². The molecule has 2 heterocycles. The molecule has 10 nitrogen and oxygen atoms in total. The first-order valence-corrected chi connectivity index (χ1v) is 9.71. The van der Waals surface area contributed by atoms with Crippen molar-refractivity contribution in [3.63, 3.8) is 0 Å². The van der Waals surface area contributed by atoms with E-state index in [4.69, 9.17) is 4.74 Å². The number of anilines is 3. The Bertz CT molecular complexity index is 1120. The van der Waals surface area contributed by atoms with Crippen LogP contribution in [0.3, 0.4) is 0 Å². The fourth-order valence-electron chi connectivity index (χ4n) is 3.05. The highest BCUT2D eigenvalue weighted by molar-refractivity contribution is 6.00. The van der Waals surface area contributed by atoms with E-state index in [0.717, 1.165) is 18.4 Å². The summed E-state index contributed by atoms with van der Waals surface area (Å²) in [6.07, 6.45) is 6.56. The summed E-state index contributed by atoms with van der Waals surface area (Å²) in [5.41, 5.74) is 2.41. The van der Waals surface area contributed by atoms with Gasteiger partial charge in [0.25, 0.3) is 5.91 Å². The van der Waals surface area contributed by atoms with E-state index in [1.54, 1.807) is 37.8 Å². The van der Waals surface area contributed by atoms with Crippen molar-refractivity contribution in [1.29, 1.82) is 0 Å². The number of nitrogens with zero attached hydrogens (tertiary/aromatic N) is 4. The molecule has 3 aromatic rings. The molecule has 3 N–H and O–H groups in total. The summed E-state index contributed by atoms with van der Waals surface area (Å²) in [5, 5.41) is 16.5. The van der Waals surface area contributed by atoms with Gasteiger partial charge in [-0.15, -0.1) is 10.2 Å². The van der Waals surface area contributed by atoms with Crippen LogP contribution in [0.5, 0.6) is 5.75 Å². The molecule has 0 aliphatic heterocycles. The molecule has 2 amide bonds. The van der Waals surface area contributed by atoms with E-state index in [-0.39, 0.29) is 23.3 Å². The fraction of sp³-hybridized carbons (Fsp3) is 0.238. The average Bonchev–Trinajstić information content (AvgIpc) is 3.65. The number of rotatable bonds is 7. The highest BCUT2D eigenvalue weighted by Gasteiger charge is 2.30. The van der Waals surface area contributed by atoms with Crippen LogP contribution < -0.4 is 20.7 Å². The third-order valence-electron chi connectivity index (χ3n) is 4.76. The van der Waals surface area contributed by atoms with E-state index in [9.17, 15) is 9.59 Å². The number of para-hydroxylation sites is 1. The van der Waals surface area contributed by atoms with Gasteiger partial charge in [0.05, 0.1) is 30.4 Å². The van der Waals surface area contributed by atoms with Gasteiger partial charge in [0.1, 0.15) is 0 Å². The molecule has 4 rings (SSSR count). The Morgan fingerprint density at radius 2 is 1.97 bits per heavy atom. The number of carbonyl (C=O) groups is 2. The van der Waals surface area contributed by atoms with Crippen molar-refractivity contribution in [3.05, 3.63) is 48.5 Å². The number of methoxy groups -OCH3 is 1. The second-order valence-corrected chi connectivity index (χ2v) is 6.94. The molecule has 0 atom stereocenters. The van der Waals surface area contributed by atoms with E-state index in [1.807, 2.05) is 12.1 Å². The molecule has 1 fully saturated rings. The Morgan fingerprint density at radius 1 is 1.13 bits per heavy atom. The summed E-state index contributed by atoms with van der Waals surface area (Å²) < 4.78 is 5.63. The summed E-state index contributed by atoms with van der Waals surface area (Å²) >= 11 is 0. The van der Waals surface area contributed by atoms with Gasteiger partial charge in [-0.25, -0.2) is 0 Å². The lowest BCUT2D eigenvalue weighted by atomic mass is 10.1. The number of amides is 2. The van der Waals surface area contributed by atoms with Crippen LogP contribution in [-0.2, 0) is 4.79 Å². The molecule has 0 radical (unpaired) electrons. The molecule has 10 heteroatoms. The molecule has 1 saturated carbocycles. The van der Waals surface area contributed by atoms with Gasteiger partial charge in [0.2, 0.25) is 5.91 Å². The number of aromatic nitrogens is 4. The third kappa shape index (κ3) is 4.42. The molecule has 1 aromatic carbocycles. The zero-order valence-electron chi connectivity index (χ0n) is 17.0. The van der Waals surface area contributed by atoms with Gasteiger partial charge in [-0.3, -0.25) is 19.6 Å². The first-order valence-electron chi connectivity index (χ1n) is 9.71. The van der Waals surface area contributed by atoms with Crippen molar-refractivity contribution in [1.82, 2.24) is 25.5 Å². The third-order valence-corrected chi connectivity index (χ3v) is 4.76. The van der Waals surface area contributed by atoms with E-state index in [0.29, 0.717) is 22.8 Å². The van der Waals surface area contributed by atoms with Gasteiger partial charge < -0.3 is 20.7 Å². The zero-order chi connectivity index (χ0) is 21.8. The molecule has 0 bridgehead atoms. The molecular formula is C21H21N7O3. The van der Waals surface area contributed by atoms with Crippen LogP contribution in [0.4, 0.5) is 17.2 Å². The van der Waals surface area contributed by atoms with E-state index < -0.39 is 5.91 Å². The summed E-state index contributed by atoms with van der Waals surface area (Å²) in [7, 11) is 3.05. The van der Waals surface area contributed by atoms with Crippen molar-refractivity contribution < 1.29 is 14.3 Å². The fourth-order valence-corrected chi connectivity index (χ4v) is 3.05. The summed E-state index contributed by atoms with van der Waals surface area (Å²) in [4.78, 5) is 32.9. The number of ether oxygens (including phenoxy) is 1. The van der Waals surface area contributed by atoms with Gasteiger partial charge in [0, 0.05) is 37.0 Å². The van der Waals surface area contributed by atoms with Gasteiger partial charge in [0.15, 0.2) is 17.3 Å². The smallest absolute Gasteiger partial charge is 0.273 e. The van der Waals surface area contributed by atoms with Crippen LogP contribution in [-0.4, -0.2) is 46.1 Å². The number of hydrogen-bond acceptors (Lipinski definition) is 8. The number of carbonyl (C=O) groups excluding carboxylic acids is 2. The Labute approximate surface area is 178 Å². The van der Waals surface area contributed by atoms with E-state index >= 15 is 0 Å². The summed E-state index contributed by atoms with van der Waals surface area (Å²) in [6, 6.07) is 7.07. The van der Waals surface area contributed by atoms with Crippen molar-refractivity contribution in [3.8, 4) is 17.0 Å². The largest absolute Gasteiger partial charge is 0.494 e.